The van der Waals surface area contributed by atoms with E-state index in [1.807, 2.05) is 24.3 Å². The van der Waals surface area contributed by atoms with Gasteiger partial charge in [-0.05, 0) is 58.7 Å². The quantitative estimate of drug-likeness (QED) is 0.722. The van der Waals surface area contributed by atoms with Gasteiger partial charge in [-0.1, -0.05) is 12.1 Å². The minimum absolute atomic E-state index is 0.318. The Balaban J connectivity index is 1.65. The van der Waals surface area contributed by atoms with Crippen LogP contribution >= 0.6 is 0 Å². The molecule has 3 aromatic rings. The molecule has 0 aromatic heterocycles. The molecule has 0 unspecified atom stereocenters. The monoisotopic (exact) mass is 379 g/mol. The minimum atomic E-state index is 0.318. The van der Waals surface area contributed by atoms with E-state index < -0.39 is 0 Å². The van der Waals surface area contributed by atoms with Gasteiger partial charge in [0.2, 0.25) is 0 Å². The number of methoxy groups -OCH3 is 3. The Kier molecular flexibility index (Phi) is 5.01. The predicted octanol–water partition coefficient (Wildman–Crippen LogP) is 4.13. The molecule has 5 heteroatoms. The molecule has 1 heterocycles. The van der Waals surface area contributed by atoms with Crippen molar-refractivity contribution < 1.29 is 19.3 Å². The molecule has 0 radical (unpaired) electrons. The minimum Gasteiger partial charge on any atom is -0.508 e. The third-order valence-electron chi connectivity index (χ3n) is 5.49. The van der Waals surface area contributed by atoms with Crippen molar-refractivity contribution in [1.29, 1.82) is 0 Å². The highest BCUT2D eigenvalue weighted by molar-refractivity contribution is 5.89. The zero-order valence-corrected chi connectivity index (χ0v) is 16.5. The first kappa shape index (κ1) is 18.4. The first-order valence-electron chi connectivity index (χ1n) is 9.37. The number of ether oxygens (including phenoxy) is 3. The topological polar surface area (TPSA) is 51.2 Å². The van der Waals surface area contributed by atoms with E-state index in [0.717, 1.165) is 53.1 Å². The number of hydrogen-bond acceptors (Lipinski definition) is 5. The van der Waals surface area contributed by atoms with Crippen molar-refractivity contribution in [3.05, 3.63) is 59.2 Å². The Morgan fingerprint density at radius 2 is 1.61 bits per heavy atom. The van der Waals surface area contributed by atoms with Crippen molar-refractivity contribution in [1.82, 2.24) is 4.90 Å². The maximum absolute atomic E-state index is 10.5. The van der Waals surface area contributed by atoms with E-state index in [4.69, 9.17) is 14.2 Å². The number of aromatic hydroxyl groups is 1. The van der Waals surface area contributed by atoms with Crippen molar-refractivity contribution in [3.63, 3.8) is 0 Å². The van der Waals surface area contributed by atoms with Crippen LogP contribution < -0.4 is 14.2 Å². The highest BCUT2D eigenvalue weighted by Gasteiger charge is 2.21. The summed E-state index contributed by atoms with van der Waals surface area (Å²) in [5.74, 6) is 2.63. The van der Waals surface area contributed by atoms with E-state index in [2.05, 4.69) is 17.0 Å². The lowest BCUT2D eigenvalue weighted by Gasteiger charge is -2.30. The number of hydrogen-bond donors (Lipinski definition) is 1. The lowest BCUT2D eigenvalue weighted by Crippen LogP contribution is -2.30. The molecule has 0 aliphatic carbocycles. The van der Waals surface area contributed by atoms with Crippen LogP contribution in [0.3, 0.4) is 0 Å². The van der Waals surface area contributed by atoms with Gasteiger partial charge >= 0.3 is 0 Å². The maximum Gasteiger partial charge on any atom is 0.161 e. The van der Waals surface area contributed by atoms with Gasteiger partial charge in [0.25, 0.3) is 0 Å². The van der Waals surface area contributed by atoms with Gasteiger partial charge < -0.3 is 19.3 Å². The van der Waals surface area contributed by atoms with Crippen LogP contribution in [0.4, 0.5) is 0 Å². The second kappa shape index (κ2) is 7.60. The number of phenolic OH excluding ortho intramolecular Hbond substituents is 1. The molecule has 1 aliphatic heterocycles. The second-order valence-corrected chi connectivity index (χ2v) is 7.09. The maximum atomic E-state index is 10.5. The standard InChI is InChI=1S/C23H25NO4/c1-26-18-6-4-15-5-7-21(25)20(19(15)12-18)14-24-9-8-16-10-22(27-2)23(28-3)11-17(16)13-24/h4-7,10-12,25H,8-9,13-14H2,1-3H3. The largest absolute Gasteiger partial charge is 0.508 e. The SMILES string of the molecule is COc1ccc2ccc(O)c(CN3CCc4cc(OC)c(OC)cc4C3)c2c1. The van der Waals surface area contributed by atoms with E-state index >= 15 is 0 Å². The van der Waals surface area contributed by atoms with Crippen LogP contribution in [0.25, 0.3) is 10.8 Å². The Morgan fingerprint density at radius 1 is 0.893 bits per heavy atom. The first-order chi connectivity index (χ1) is 13.6. The summed E-state index contributed by atoms with van der Waals surface area (Å²) in [5, 5.41) is 12.7. The van der Waals surface area contributed by atoms with Crippen LogP contribution in [0.1, 0.15) is 16.7 Å². The number of fused-ring (bicyclic) bond motifs is 2. The van der Waals surface area contributed by atoms with E-state index in [-0.39, 0.29) is 0 Å². The normalized spacial score (nSPS) is 14.0. The zero-order chi connectivity index (χ0) is 19.7. The molecule has 28 heavy (non-hydrogen) atoms. The van der Waals surface area contributed by atoms with Crippen LogP contribution in [-0.4, -0.2) is 37.9 Å². The lowest BCUT2D eigenvalue weighted by atomic mass is 9.97. The molecular weight excluding hydrogens is 354 g/mol. The van der Waals surface area contributed by atoms with Crippen molar-refractivity contribution in [2.24, 2.45) is 0 Å². The van der Waals surface area contributed by atoms with Crippen molar-refractivity contribution >= 4 is 10.8 Å². The molecule has 0 saturated carbocycles. The highest BCUT2D eigenvalue weighted by Crippen LogP contribution is 2.35. The van der Waals surface area contributed by atoms with Crippen LogP contribution in [-0.2, 0) is 19.5 Å². The Morgan fingerprint density at radius 3 is 2.32 bits per heavy atom. The molecule has 0 fully saturated rings. The Hall–Kier alpha value is -2.92. The van der Waals surface area contributed by atoms with Crippen LogP contribution in [0.2, 0.25) is 0 Å². The van der Waals surface area contributed by atoms with Gasteiger partial charge in [-0.2, -0.15) is 0 Å². The van der Waals surface area contributed by atoms with Gasteiger partial charge in [0.15, 0.2) is 11.5 Å². The molecule has 146 valence electrons. The summed E-state index contributed by atoms with van der Waals surface area (Å²) < 4.78 is 16.3. The molecular formula is C23H25NO4. The average molecular weight is 379 g/mol. The Labute approximate surface area is 165 Å². The van der Waals surface area contributed by atoms with Crippen molar-refractivity contribution in [2.75, 3.05) is 27.9 Å². The fourth-order valence-corrected chi connectivity index (χ4v) is 3.94. The van der Waals surface area contributed by atoms with Crippen molar-refractivity contribution in [3.8, 4) is 23.0 Å². The summed E-state index contributed by atoms with van der Waals surface area (Å²) in [5.41, 5.74) is 3.46. The summed E-state index contributed by atoms with van der Waals surface area (Å²) in [6.45, 7) is 2.39. The summed E-state index contributed by atoms with van der Waals surface area (Å²) in [6, 6.07) is 13.8. The molecule has 0 amide bonds. The molecule has 0 saturated heterocycles. The molecule has 4 rings (SSSR count). The van der Waals surface area contributed by atoms with Crippen LogP contribution in [0, 0.1) is 0 Å². The van der Waals surface area contributed by atoms with E-state index in [9.17, 15) is 5.11 Å². The molecule has 1 N–H and O–H groups in total. The third-order valence-corrected chi connectivity index (χ3v) is 5.49. The summed E-state index contributed by atoms with van der Waals surface area (Å²) in [4.78, 5) is 2.35. The second-order valence-electron chi connectivity index (χ2n) is 7.09. The predicted molar refractivity (Wildman–Crippen MR) is 110 cm³/mol. The Bertz CT molecular complexity index is 1020. The van der Waals surface area contributed by atoms with Gasteiger partial charge in [0.1, 0.15) is 11.5 Å². The number of phenols is 1. The molecule has 0 bridgehead atoms. The van der Waals surface area contributed by atoms with Crippen LogP contribution in [0.15, 0.2) is 42.5 Å². The van der Waals surface area contributed by atoms with E-state index in [1.54, 1.807) is 27.4 Å². The lowest BCUT2D eigenvalue weighted by molar-refractivity contribution is 0.242. The molecule has 1 aliphatic rings. The van der Waals surface area contributed by atoms with Gasteiger partial charge in [0, 0.05) is 25.2 Å². The molecule has 3 aromatic carbocycles. The van der Waals surface area contributed by atoms with Gasteiger partial charge in [-0.25, -0.2) is 0 Å². The fourth-order valence-electron chi connectivity index (χ4n) is 3.94. The number of rotatable bonds is 5. The number of nitrogens with zero attached hydrogens (tertiary/aromatic N) is 1. The summed E-state index contributed by atoms with van der Waals surface area (Å²) in [7, 11) is 4.98. The zero-order valence-electron chi connectivity index (χ0n) is 16.5. The van der Waals surface area contributed by atoms with E-state index in [0.29, 0.717) is 12.3 Å². The molecule has 0 spiro atoms. The van der Waals surface area contributed by atoms with Gasteiger partial charge in [-0.15, -0.1) is 0 Å². The third kappa shape index (κ3) is 3.34. The van der Waals surface area contributed by atoms with Crippen LogP contribution in [0.5, 0.6) is 23.0 Å². The van der Waals surface area contributed by atoms with Crippen molar-refractivity contribution in [2.45, 2.75) is 19.5 Å². The van der Waals surface area contributed by atoms with Gasteiger partial charge in [-0.3, -0.25) is 4.90 Å². The van der Waals surface area contributed by atoms with E-state index in [1.165, 1.54) is 11.1 Å². The van der Waals surface area contributed by atoms with Gasteiger partial charge in [0.05, 0.1) is 21.3 Å². The number of benzene rings is 3. The average Bonchev–Trinajstić information content (AvgIpc) is 2.74. The summed E-state index contributed by atoms with van der Waals surface area (Å²) in [6.07, 6.45) is 0.935. The summed E-state index contributed by atoms with van der Waals surface area (Å²) >= 11 is 0. The fraction of sp³-hybridized carbons (Fsp3) is 0.304. The molecule has 5 nitrogen and oxygen atoms in total. The molecule has 0 atom stereocenters. The first-order valence-corrected chi connectivity index (χ1v) is 9.37. The highest BCUT2D eigenvalue weighted by atomic mass is 16.5. The smallest absolute Gasteiger partial charge is 0.161 e.